The zero-order chi connectivity index (χ0) is 20.3. The van der Waals surface area contributed by atoms with Gasteiger partial charge in [-0.15, -0.1) is 0 Å². The van der Waals surface area contributed by atoms with Gasteiger partial charge in [-0.1, -0.05) is 50.1 Å². The fraction of sp³-hybridized carbons (Fsp3) is 0.476. The molecule has 0 aliphatic carbocycles. The smallest absolute Gasteiger partial charge is 0.327 e. The third kappa shape index (κ3) is 3.94. The Kier molecular flexibility index (Phi) is 6.14. The third-order valence-corrected chi connectivity index (χ3v) is 5.22. The molecular formula is C21H30N5O2+. The zero-order valence-corrected chi connectivity index (χ0v) is 17.2. The van der Waals surface area contributed by atoms with Gasteiger partial charge in [-0.25, -0.2) is 9.78 Å². The number of hydrogen-bond acceptors (Lipinski definition) is 3. The molecule has 0 radical (unpaired) electrons. The Morgan fingerprint density at radius 3 is 2.39 bits per heavy atom. The lowest BCUT2D eigenvalue weighted by Crippen LogP contribution is -3.06. The fourth-order valence-electron chi connectivity index (χ4n) is 3.66. The Hall–Kier alpha value is -2.67. The lowest BCUT2D eigenvalue weighted by molar-refractivity contribution is -0.908. The second-order valence-corrected chi connectivity index (χ2v) is 7.56. The van der Waals surface area contributed by atoms with Gasteiger partial charge >= 0.3 is 5.69 Å². The largest absolute Gasteiger partial charge is 0.332 e. The van der Waals surface area contributed by atoms with E-state index in [1.807, 2.05) is 22.8 Å². The summed E-state index contributed by atoms with van der Waals surface area (Å²) in [6.45, 7) is 4.46. The number of nitrogens with zero attached hydrogens (tertiary/aromatic N) is 4. The predicted octanol–water partition coefficient (Wildman–Crippen LogP) is 0.839. The molecule has 0 aliphatic rings. The van der Waals surface area contributed by atoms with Gasteiger partial charge in [-0.2, -0.15) is 0 Å². The molecule has 0 amide bonds. The average Bonchev–Trinajstić information content (AvgIpc) is 3.04. The molecule has 3 aromatic rings. The van der Waals surface area contributed by atoms with E-state index in [-0.39, 0.29) is 11.2 Å². The first-order valence-corrected chi connectivity index (χ1v) is 9.94. The Morgan fingerprint density at radius 1 is 1.00 bits per heavy atom. The Labute approximate surface area is 164 Å². The highest BCUT2D eigenvalue weighted by Crippen LogP contribution is 2.12. The molecule has 1 atom stereocenters. The molecule has 0 saturated carbocycles. The zero-order valence-electron chi connectivity index (χ0n) is 17.2. The van der Waals surface area contributed by atoms with Crippen molar-refractivity contribution in [3.8, 4) is 0 Å². The Bertz CT molecular complexity index is 1060. The number of aryl methyl sites for hydroxylation is 2. The summed E-state index contributed by atoms with van der Waals surface area (Å²) in [6.07, 6.45) is 3.19. The van der Waals surface area contributed by atoms with E-state index in [4.69, 9.17) is 4.98 Å². The minimum atomic E-state index is -0.341. The van der Waals surface area contributed by atoms with Crippen LogP contribution in [-0.2, 0) is 33.7 Å². The summed E-state index contributed by atoms with van der Waals surface area (Å²) < 4.78 is 4.68. The molecule has 0 saturated heterocycles. The molecule has 1 unspecified atom stereocenters. The monoisotopic (exact) mass is 384 g/mol. The predicted molar refractivity (Wildman–Crippen MR) is 110 cm³/mol. The summed E-state index contributed by atoms with van der Waals surface area (Å²) in [7, 11) is 5.33. The number of hydrogen-bond donors (Lipinski definition) is 1. The summed E-state index contributed by atoms with van der Waals surface area (Å²) >= 11 is 0. The van der Waals surface area contributed by atoms with Crippen LogP contribution in [0.1, 0.15) is 37.6 Å². The van der Waals surface area contributed by atoms with Crippen LogP contribution in [-0.4, -0.2) is 25.7 Å². The van der Waals surface area contributed by atoms with Crippen LogP contribution in [0.4, 0.5) is 0 Å². The molecular weight excluding hydrogens is 354 g/mol. The first-order valence-electron chi connectivity index (χ1n) is 9.94. The molecule has 2 heterocycles. The first kappa shape index (κ1) is 20.1. The Balaban J connectivity index is 2.01. The summed E-state index contributed by atoms with van der Waals surface area (Å²) in [5.74, 6) is 0.859. The van der Waals surface area contributed by atoms with E-state index in [9.17, 15) is 9.59 Å². The number of nitrogens with one attached hydrogen (secondary N) is 1. The maximum absolute atomic E-state index is 12.8. The van der Waals surface area contributed by atoms with Crippen LogP contribution < -0.4 is 16.1 Å². The minimum absolute atomic E-state index is 0.269. The SMILES string of the molecule is CCCCCn1c(C[NH+](C)Cc2ccccc2)nc2c1c(=O)n(C)c(=O)n2C. The van der Waals surface area contributed by atoms with Gasteiger partial charge in [0.05, 0.1) is 7.05 Å². The van der Waals surface area contributed by atoms with Gasteiger partial charge in [-0.3, -0.25) is 13.9 Å². The molecule has 0 spiro atoms. The molecule has 0 fully saturated rings. The van der Waals surface area contributed by atoms with Gasteiger partial charge in [0.1, 0.15) is 13.1 Å². The van der Waals surface area contributed by atoms with E-state index in [0.29, 0.717) is 17.7 Å². The molecule has 150 valence electrons. The standard InChI is InChI=1S/C21H29N5O2/c1-5-6-10-13-26-17(15-23(2)14-16-11-8-7-9-12-16)22-19-18(26)20(27)25(4)21(28)24(19)3/h7-9,11-12H,5-6,10,13-15H2,1-4H3/p+1. The Morgan fingerprint density at radius 2 is 1.71 bits per heavy atom. The molecule has 0 bridgehead atoms. The highest BCUT2D eigenvalue weighted by Gasteiger charge is 2.21. The fourth-order valence-corrected chi connectivity index (χ4v) is 3.66. The van der Waals surface area contributed by atoms with Crippen LogP contribution in [0.5, 0.6) is 0 Å². The van der Waals surface area contributed by atoms with Crippen LogP contribution in [0.15, 0.2) is 39.9 Å². The molecule has 1 aromatic carbocycles. The van der Waals surface area contributed by atoms with Gasteiger partial charge < -0.3 is 9.47 Å². The summed E-state index contributed by atoms with van der Waals surface area (Å²) in [6, 6.07) is 10.3. The minimum Gasteiger partial charge on any atom is -0.327 e. The third-order valence-electron chi connectivity index (χ3n) is 5.22. The van der Waals surface area contributed by atoms with Crippen molar-refractivity contribution in [3.63, 3.8) is 0 Å². The second kappa shape index (κ2) is 8.56. The molecule has 7 heteroatoms. The molecule has 0 aliphatic heterocycles. The number of fused-ring (bicyclic) bond motifs is 1. The van der Waals surface area contributed by atoms with Gasteiger partial charge in [0, 0.05) is 26.2 Å². The van der Waals surface area contributed by atoms with Crippen molar-refractivity contribution in [3.05, 3.63) is 62.6 Å². The number of quaternary nitrogens is 1. The van der Waals surface area contributed by atoms with E-state index in [1.54, 1.807) is 7.05 Å². The maximum atomic E-state index is 12.8. The van der Waals surface area contributed by atoms with Crippen LogP contribution in [0.2, 0.25) is 0 Å². The molecule has 1 N–H and O–H groups in total. The lowest BCUT2D eigenvalue weighted by atomic mass is 10.2. The number of unbranched alkanes of at least 4 members (excludes halogenated alkanes) is 2. The lowest BCUT2D eigenvalue weighted by Gasteiger charge is -2.15. The van der Waals surface area contributed by atoms with E-state index < -0.39 is 0 Å². The molecule has 3 rings (SSSR count). The maximum Gasteiger partial charge on any atom is 0.332 e. The van der Waals surface area contributed by atoms with Crippen molar-refractivity contribution < 1.29 is 4.90 Å². The summed E-state index contributed by atoms with van der Waals surface area (Å²) in [4.78, 5) is 31.2. The van der Waals surface area contributed by atoms with E-state index in [2.05, 4.69) is 26.1 Å². The van der Waals surface area contributed by atoms with Crippen molar-refractivity contribution in [1.29, 1.82) is 0 Å². The summed E-state index contributed by atoms with van der Waals surface area (Å²) in [5, 5.41) is 0. The van der Waals surface area contributed by atoms with Crippen molar-refractivity contribution in [1.82, 2.24) is 18.7 Å². The molecule has 28 heavy (non-hydrogen) atoms. The van der Waals surface area contributed by atoms with Crippen molar-refractivity contribution in [2.45, 2.75) is 45.8 Å². The van der Waals surface area contributed by atoms with Gasteiger partial charge in [0.2, 0.25) is 0 Å². The number of benzene rings is 1. The normalized spacial score (nSPS) is 12.6. The highest BCUT2D eigenvalue weighted by atomic mass is 16.2. The van der Waals surface area contributed by atoms with Gasteiger partial charge in [0.25, 0.3) is 5.56 Å². The average molecular weight is 385 g/mol. The number of aromatic nitrogens is 4. The van der Waals surface area contributed by atoms with Crippen LogP contribution in [0.3, 0.4) is 0 Å². The van der Waals surface area contributed by atoms with Gasteiger partial charge in [-0.05, 0) is 6.42 Å². The van der Waals surface area contributed by atoms with E-state index in [0.717, 1.165) is 38.2 Å². The van der Waals surface area contributed by atoms with Crippen molar-refractivity contribution in [2.75, 3.05) is 7.05 Å². The quantitative estimate of drug-likeness (QED) is 0.585. The van der Waals surface area contributed by atoms with Crippen LogP contribution in [0.25, 0.3) is 11.2 Å². The molecule has 7 nitrogen and oxygen atoms in total. The summed E-state index contributed by atoms with van der Waals surface area (Å²) in [5.41, 5.74) is 1.66. The van der Waals surface area contributed by atoms with Crippen molar-refractivity contribution >= 4 is 11.2 Å². The van der Waals surface area contributed by atoms with E-state index >= 15 is 0 Å². The molecule has 2 aromatic heterocycles. The topological polar surface area (TPSA) is 66.3 Å². The van der Waals surface area contributed by atoms with E-state index in [1.165, 1.54) is 26.6 Å². The van der Waals surface area contributed by atoms with Crippen molar-refractivity contribution in [2.24, 2.45) is 14.1 Å². The number of imidazole rings is 1. The van der Waals surface area contributed by atoms with Crippen LogP contribution in [0, 0.1) is 0 Å². The first-order chi connectivity index (χ1) is 13.4. The second-order valence-electron chi connectivity index (χ2n) is 7.56. The number of rotatable bonds is 8. The van der Waals surface area contributed by atoms with Gasteiger partial charge in [0.15, 0.2) is 17.0 Å². The van der Waals surface area contributed by atoms with Crippen LogP contribution >= 0.6 is 0 Å². The highest BCUT2D eigenvalue weighted by molar-refractivity contribution is 5.71.